The standard InChI is InChI=1S/C13H21NS2/c1-10(12-5-4-6-16-12)14-11-7-13(2,3)9-15-8-11/h4-6,10-11,14H,7-9H2,1-3H3/t10-,11?/m0/s1. The molecule has 2 heterocycles. The summed E-state index contributed by atoms with van der Waals surface area (Å²) in [5, 5.41) is 5.93. The fourth-order valence-corrected chi connectivity index (χ4v) is 4.37. The summed E-state index contributed by atoms with van der Waals surface area (Å²) in [6.45, 7) is 7.03. The van der Waals surface area contributed by atoms with Crippen LogP contribution in [0.4, 0.5) is 0 Å². The molecule has 0 radical (unpaired) electrons. The van der Waals surface area contributed by atoms with E-state index in [2.05, 4.69) is 55.4 Å². The van der Waals surface area contributed by atoms with Crippen molar-refractivity contribution in [2.45, 2.75) is 39.3 Å². The van der Waals surface area contributed by atoms with E-state index in [9.17, 15) is 0 Å². The Balaban J connectivity index is 1.90. The van der Waals surface area contributed by atoms with Crippen LogP contribution >= 0.6 is 23.1 Å². The molecule has 1 nitrogen and oxygen atoms in total. The fourth-order valence-electron chi connectivity index (χ4n) is 2.34. The van der Waals surface area contributed by atoms with Crippen LogP contribution in [-0.2, 0) is 0 Å². The summed E-state index contributed by atoms with van der Waals surface area (Å²) in [7, 11) is 0. The van der Waals surface area contributed by atoms with Gasteiger partial charge >= 0.3 is 0 Å². The van der Waals surface area contributed by atoms with Crippen molar-refractivity contribution in [3.05, 3.63) is 22.4 Å². The zero-order chi connectivity index (χ0) is 11.6. The van der Waals surface area contributed by atoms with E-state index in [0.29, 0.717) is 17.5 Å². The third-order valence-corrected chi connectivity index (χ3v) is 5.75. The van der Waals surface area contributed by atoms with E-state index in [1.54, 1.807) is 0 Å². The molecule has 2 atom stereocenters. The van der Waals surface area contributed by atoms with Crippen molar-refractivity contribution in [1.82, 2.24) is 5.32 Å². The van der Waals surface area contributed by atoms with Gasteiger partial charge in [-0.15, -0.1) is 11.3 Å². The molecule has 1 aliphatic heterocycles. The van der Waals surface area contributed by atoms with Crippen molar-refractivity contribution in [2.75, 3.05) is 11.5 Å². The van der Waals surface area contributed by atoms with Gasteiger partial charge in [-0.25, -0.2) is 0 Å². The lowest BCUT2D eigenvalue weighted by Gasteiger charge is -2.36. The van der Waals surface area contributed by atoms with Gasteiger partial charge < -0.3 is 5.32 Å². The summed E-state index contributed by atoms with van der Waals surface area (Å²) in [6.07, 6.45) is 1.30. The highest BCUT2D eigenvalue weighted by atomic mass is 32.2. The van der Waals surface area contributed by atoms with Crippen molar-refractivity contribution in [3.63, 3.8) is 0 Å². The predicted molar refractivity (Wildman–Crippen MR) is 75.4 cm³/mol. The minimum absolute atomic E-state index is 0.496. The van der Waals surface area contributed by atoms with Gasteiger partial charge in [0.2, 0.25) is 0 Å². The minimum atomic E-state index is 0.496. The largest absolute Gasteiger partial charge is 0.306 e. The van der Waals surface area contributed by atoms with Gasteiger partial charge in [-0.05, 0) is 36.0 Å². The lowest BCUT2D eigenvalue weighted by atomic mass is 9.87. The van der Waals surface area contributed by atoms with E-state index in [1.807, 2.05) is 11.3 Å². The lowest BCUT2D eigenvalue weighted by Crippen LogP contribution is -2.41. The molecule has 0 aromatic carbocycles. The monoisotopic (exact) mass is 255 g/mol. The van der Waals surface area contributed by atoms with Gasteiger partial charge in [-0.3, -0.25) is 0 Å². The Morgan fingerprint density at radius 3 is 2.94 bits per heavy atom. The summed E-state index contributed by atoms with van der Waals surface area (Å²) in [5.74, 6) is 2.57. The zero-order valence-corrected chi connectivity index (χ0v) is 12.0. The Morgan fingerprint density at radius 1 is 1.50 bits per heavy atom. The number of thiophene rings is 1. The summed E-state index contributed by atoms with van der Waals surface area (Å²) in [4.78, 5) is 1.45. The Hall–Kier alpha value is 0.01000. The predicted octanol–water partition coefficient (Wildman–Crippen LogP) is 3.93. The molecule has 16 heavy (non-hydrogen) atoms. The molecule has 0 amide bonds. The van der Waals surface area contributed by atoms with Crippen LogP contribution in [0.15, 0.2) is 17.5 Å². The molecule has 1 fully saturated rings. The van der Waals surface area contributed by atoms with Crippen molar-refractivity contribution >= 4 is 23.1 Å². The maximum atomic E-state index is 3.77. The summed E-state index contributed by atoms with van der Waals surface area (Å²) >= 11 is 3.94. The number of hydrogen-bond donors (Lipinski definition) is 1. The third-order valence-electron chi connectivity index (χ3n) is 3.07. The molecular formula is C13H21NS2. The van der Waals surface area contributed by atoms with E-state index < -0.39 is 0 Å². The summed E-state index contributed by atoms with van der Waals surface area (Å²) in [6, 6.07) is 5.53. The van der Waals surface area contributed by atoms with E-state index in [-0.39, 0.29) is 0 Å². The first-order chi connectivity index (χ1) is 7.57. The summed E-state index contributed by atoms with van der Waals surface area (Å²) in [5.41, 5.74) is 0.496. The van der Waals surface area contributed by atoms with Crippen molar-refractivity contribution in [2.24, 2.45) is 5.41 Å². The first-order valence-corrected chi connectivity index (χ1v) is 7.97. The second-order valence-electron chi connectivity index (χ2n) is 5.48. The molecule has 1 N–H and O–H groups in total. The number of thioether (sulfide) groups is 1. The molecule has 1 aliphatic rings. The first-order valence-electron chi connectivity index (χ1n) is 5.94. The minimum Gasteiger partial charge on any atom is -0.306 e. The first kappa shape index (κ1) is 12.5. The lowest BCUT2D eigenvalue weighted by molar-refractivity contribution is 0.306. The second-order valence-corrected chi connectivity index (χ2v) is 7.49. The van der Waals surface area contributed by atoms with Crippen LogP contribution in [-0.4, -0.2) is 17.5 Å². The van der Waals surface area contributed by atoms with Crippen molar-refractivity contribution in [3.8, 4) is 0 Å². The van der Waals surface area contributed by atoms with Crippen LogP contribution in [0, 0.1) is 5.41 Å². The van der Waals surface area contributed by atoms with E-state index in [0.717, 1.165) is 0 Å². The van der Waals surface area contributed by atoms with Gasteiger partial charge in [0.05, 0.1) is 0 Å². The van der Waals surface area contributed by atoms with Gasteiger partial charge in [0.25, 0.3) is 0 Å². The molecular weight excluding hydrogens is 234 g/mol. The van der Waals surface area contributed by atoms with Crippen LogP contribution in [0.2, 0.25) is 0 Å². The van der Waals surface area contributed by atoms with Gasteiger partial charge in [-0.2, -0.15) is 11.8 Å². The number of hydrogen-bond acceptors (Lipinski definition) is 3. The summed E-state index contributed by atoms with van der Waals surface area (Å²) < 4.78 is 0. The highest BCUT2D eigenvalue weighted by molar-refractivity contribution is 7.99. The van der Waals surface area contributed by atoms with Gasteiger partial charge in [-0.1, -0.05) is 19.9 Å². The maximum Gasteiger partial charge on any atom is 0.0388 e. The van der Waals surface area contributed by atoms with Crippen LogP contribution in [0.1, 0.15) is 38.1 Å². The molecule has 1 saturated heterocycles. The average Bonchev–Trinajstić information content (AvgIpc) is 2.68. The molecule has 1 unspecified atom stereocenters. The average molecular weight is 255 g/mol. The molecule has 0 spiro atoms. The molecule has 0 bridgehead atoms. The van der Waals surface area contributed by atoms with Crippen LogP contribution < -0.4 is 5.32 Å². The zero-order valence-electron chi connectivity index (χ0n) is 10.3. The number of nitrogens with one attached hydrogen (secondary N) is 1. The second kappa shape index (κ2) is 5.11. The SMILES string of the molecule is C[C@H](NC1CSCC(C)(C)C1)c1cccs1. The van der Waals surface area contributed by atoms with Crippen LogP contribution in [0.3, 0.4) is 0 Å². The van der Waals surface area contributed by atoms with E-state index in [1.165, 1.54) is 22.8 Å². The van der Waals surface area contributed by atoms with Crippen molar-refractivity contribution in [1.29, 1.82) is 0 Å². The molecule has 0 aliphatic carbocycles. The van der Waals surface area contributed by atoms with Gasteiger partial charge in [0.15, 0.2) is 0 Å². The smallest absolute Gasteiger partial charge is 0.0388 e. The fraction of sp³-hybridized carbons (Fsp3) is 0.692. The van der Waals surface area contributed by atoms with Crippen molar-refractivity contribution < 1.29 is 0 Å². The van der Waals surface area contributed by atoms with Gasteiger partial charge in [0.1, 0.15) is 0 Å². The molecule has 0 saturated carbocycles. The molecule has 1 aromatic rings. The molecule has 90 valence electrons. The highest BCUT2D eigenvalue weighted by Gasteiger charge is 2.29. The van der Waals surface area contributed by atoms with Crippen LogP contribution in [0.25, 0.3) is 0 Å². The Bertz CT molecular complexity index is 319. The topological polar surface area (TPSA) is 12.0 Å². The molecule has 1 aromatic heterocycles. The maximum absolute atomic E-state index is 3.77. The van der Waals surface area contributed by atoms with E-state index >= 15 is 0 Å². The molecule has 2 rings (SSSR count). The third kappa shape index (κ3) is 3.25. The number of rotatable bonds is 3. The Labute approximate surface area is 107 Å². The normalized spacial score (nSPS) is 26.6. The quantitative estimate of drug-likeness (QED) is 0.878. The molecule has 3 heteroatoms. The van der Waals surface area contributed by atoms with Crippen LogP contribution in [0.5, 0.6) is 0 Å². The van der Waals surface area contributed by atoms with Gasteiger partial charge in [0, 0.05) is 22.7 Å². The Kier molecular flexibility index (Phi) is 3.98. The van der Waals surface area contributed by atoms with E-state index in [4.69, 9.17) is 0 Å². The Morgan fingerprint density at radius 2 is 2.31 bits per heavy atom. The highest BCUT2D eigenvalue weighted by Crippen LogP contribution is 2.34.